The van der Waals surface area contributed by atoms with Gasteiger partial charge in [-0.15, -0.1) is 0 Å². The molecule has 0 aliphatic heterocycles. The molecule has 162 valence electrons. The molecule has 0 spiro atoms. The Kier molecular flexibility index (Phi) is 5.62. The summed E-state index contributed by atoms with van der Waals surface area (Å²) < 4.78 is 86.3. The summed E-state index contributed by atoms with van der Waals surface area (Å²) in [6.07, 6.45) is 4.99. The van der Waals surface area contributed by atoms with Gasteiger partial charge in [0.05, 0.1) is 5.56 Å². The van der Waals surface area contributed by atoms with E-state index in [9.17, 15) is 26.3 Å². The molecule has 2 aromatic carbocycles. The van der Waals surface area contributed by atoms with E-state index in [1.807, 2.05) is 0 Å². The molecule has 2 aliphatic carbocycles. The average Bonchev–Trinajstić information content (AvgIpc) is 2.96. The van der Waals surface area contributed by atoms with Gasteiger partial charge in [0.2, 0.25) is 0 Å². The first-order chi connectivity index (χ1) is 14.2. The summed E-state index contributed by atoms with van der Waals surface area (Å²) in [6.45, 7) is 2.14. The first-order valence-corrected chi connectivity index (χ1v) is 10.6. The molecule has 1 fully saturated rings. The zero-order valence-corrected chi connectivity index (χ0v) is 16.8. The van der Waals surface area contributed by atoms with Crippen molar-refractivity contribution >= 4 is 0 Å². The minimum absolute atomic E-state index is 0.0417. The molecule has 30 heavy (non-hydrogen) atoms. The van der Waals surface area contributed by atoms with Crippen LogP contribution in [0.1, 0.15) is 86.0 Å². The highest BCUT2D eigenvalue weighted by Crippen LogP contribution is 2.53. The quantitative estimate of drug-likeness (QED) is 0.435. The van der Waals surface area contributed by atoms with Gasteiger partial charge >= 0.3 is 0 Å². The fourth-order valence-electron chi connectivity index (χ4n) is 5.32. The lowest BCUT2D eigenvalue weighted by Crippen LogP contribution is -2.15. The summed E-state index contributed by atoms with van der Waals surface area (Å²) in [5.41, 5.74) is -1.31. The molecule has 1 atom stereocenters. The monoisotopic (exact) mass is 426 g/mol. The van der Waals surface area contributed by atoms with E-state index < -0.39 is 52.7 Å². The Bertz CT molecular complexity index is 920. The van der Waals surface area contributed by atoms with E-state index in [0.29, 0.717) is 11.5 Å². The fraction of sp³-hybridized carbons (Fsp3) is 0.500. The highest BCUT2D eigenvalue weighted by molar-refractivity contribution is 5.47. The molecular formula is C24H24F6. The van der Waals surface area contributed by atoms with Crippen LogP contribution in [0.4, 0.5) is 26.3 Å². The normalized spacial score (nSPS) is 25.4. The van der Waals surface area contributed by atoms with E-state index in [2.05, 4.69) is 6.92 Å². The molecule has 1 saturated carbocycles. The van der Waals surface area contributed by atoms with Crippen LogP contribution in [0.5, 0.6) is 0 Å². The van der Waals surface area contributed by atoms with E-state index in [1.165, 1.54) is 12.1 Å². The van der Waals surface area contributed by atoms with Gasteiger partial charge in [0.1, 0.15) is 11.6 Å². The van der Waals surface area contributed by atoms with Crippen molar-refractivity contribution in [2.75, 3.05) is 0 Å². The molecule has 0 aromatic heterocycles. The minimum atomic E-state index is -3.69. The zero-order chi connectivity index (χ0) is 21.6. The Morgan fingerprint density at radius 3 is 2.13 bits per heavy atom. The molecule has 2 aliphatic rings. The molecular weight excluding hydrogens is 402 g/mol. The van der Waals surface area contributed by atoms with Crippen molar-refractivity contribution in [2.24, 2.45) is 5.92 Å². The highest BCUT2D eigenvalue weighted by Gasteiger charge is 2.49. The predicted molar refractivity (Wildman–Crippen MR) is 103 cm³/mol. The maximum Gasteiger partial charge on any atom is 0.277 e. The van der Waals surface area contributed by atoms with E-state index in [4.69, 9.17) is 0 Å². The molecule has 0 heterocycles. The van der Waals surface area contributed by atoms with Crippen molar-refractivity contribution in [1.82, 2.24) is 0 Å². The van der Waals surface area contributed by atoms with Gasteiger partial charge in [-0.2, -0.15) is 0 Å². The molecule has 2 aromatic rings. The zero-order valence-electron chi connectivity index (χ0n) is 16.8. The Hall–Kier alpha value is -1.98. The van der Waals surface area contributed by atoms with Gasteiger partial charge < -0.3 is 0 Å². The molecule has 1 unspecified atom stereocenters. The van der Waals surface area contributed by atoms with Crippen LogP contribution in [0.2, 0.25) is 0 Å². The molecule has 0 radical (unpaired) electrons. The number of alkyl halides is 2. The molecule has 4 rings (SSSR count). The second kappa shape index (κ2) is 7.93. The number of benzene rings is 2. The van der Waals surface area contributed by atoms with E-state index in [-0.39, 0.29) is 11.5 Å². The number of hydrogen-bond donors (Lipinski definition) is 0. The third kappa shape index (κ3) is 3.63. The molecule has 0 amide bonds. The number of halogens is 6. The van der Waals surface area contributed by atoms with E-state index in [1.54, 1.807) is 0 Å². The SMILES string of the molecule is CCCC1CCC(c2cc(F)c(C3CC(F)(F)c4c3ccc(F)c4F)c(F)c2)CC1. The van der Waals surface area contributed by atoms with Gasteiger partial charge in [0.15, 0.2) is 11.6 Å². The third-order valence-electron chi connectivity index (χ3n) is 6.79. The fourth-order valence-corrected chi connectivity index (χ4v) is 5.32. The lowest BCUT2D eigenvalue weighted by Gasteiger charge is -2.29. The van der Waals surface area contributed by atoms with Gasteiger partial charge in [-0.1, -0.05) is 25.8 Å². The van der Waals surface area contributed by atoms with Crippen LogP contribution < -0.4 is 0 Å². The van der Waals surface area contributed by atoms with Gasteiger partial charge in [0, 0.05) is 17.9 Å². The van der Waals surface area contributed by atoms with Gasteiger partial charge in [0.25, 0.3) is 5.92 Å². The Labute approximate surface area is 172 Å². The average molecular weight is 426 g/mol. The van der Waals surface area contributed by atoms with Crippen molar-refractivity contribution in [2.45, 2.75) is 69.6 Å². The van der Waals surface area contributed by atoms with E-state index in [0.717, 1.165) is 50.7 Å². The van der Waals surface area contributed by atoms with E-state index >= 15 is 0 Å². The highest BCUT2D eigenvalue weighted by atomic mass is 19.3. The van der Waals surface area contributed by atoms with Crippen molar-refractivity contribution in [3.63, 3.8) is 0 Å². The maximum atomic E-state index is 15.0. The summed E-state index contributed by atoms with van der Waals surface area (Å²) >= 11 is 0. The van der Waals surface area contributed by atoms with Crippen molar-refractivity contribution in [3.8, 4) is 0 Å². The van der Waals surface area contributed by atoms with Crippen LogP contribution in [-0.4, -0.2) is 0 Å². The minimum Gasteiger partial charge on any atom is -0.207 e. The smallest absolute Gasteiger partial charge is 0.207 e. The summed E-state index contributed by atoms with van der Waals surface area (Å²) in [5, 5.41) is 0. The number of rotatable bonds is 4. The standard InChI is InChI=1S/C24H24F6/c1-2-3-13-4-6-14(7-5-13)15-10-19(26)21(20(27)11-15)17-12-24(29,30)22-16(17)8-9-18(25)23(22)28/h8-11,13-14,17H,2-7,12H2,1H3. The predicted octanol–water partition coefficient (Wildman–Crippen LogP) is 7.94. The Balaban J connectivity index is 1.66. The summed E-state index contributed by atoms with van der Waals surface area (Å²) in [7, 11) is 0. The second-order valence-corrected chi connectivity index (χ2v) is 8.69. The number of fused-ring (bicyclic) bond motifs is 1. The number of hydrogen-bond acceptors (Lipinski definition) is 0. The molecule has 0 saturated heterocycles. The van der Waals surface area contributed by atoms with Crippen LogP contribution in [0.25, 0.3) is 0 Å². The summed E-state index contributed by atoms with van der Waals surface area (Å²) in [6, 6.07) is 4.20. The van der Waals surface area contributed by atoms with Crippen LogP contribution in [-0.2, 0) is 5.92 Å². The van der Waals surface area contributed by atoms with Crippen LogP contribution in [0.3, 0.4) is 0 Å². The van der Waals surface area contributed by atoms with Crippen LogP contribution >= 0.6 is 0 Å². The lowest BCUT2D eigenvalue weighted by atomic mass is 9.77. The Morgan fingerprint density at radius 1 is 0.900 bits per heavy atom. The van der Waals surface area contributed by atoms with Gasteiger partial charge in [-0.05, 0) is 66.8 Å². The largest absolute Gasteiger partial charge is 0.277 e. The Morgan fingerprint density at radius 2 is 1.53 bits per heavy atom. The lowest BCUT2D eigenvalue weighted by molar-refractivity contribution is -0.00852. The molecule has 6 heteroatoms. The molecule has 0 nitrogen and oxygen atoms in total. The van der Waals surface area contributed by atoms with Crippen molar-refractivity contribution in [1.29, 1.82) is 0 Å². The first kappa shape index (κ1) is 21.3. The van der Waals surface area contributed by atoms with Crippen LogP contribution in [0.15, 0.2) is 24.3 Å². The maximum absolute atomic E-state index is 15.0. The topological polar surface area (TPSA) is 0 Å². The van der Waals surface area contributed by atoms with Gasteiger partial charge in [-0.3, -0.25) is 0 Å². The summed E-state index contributed by atoms with van der Waals surface area (Å²) in [4.78, 5) is 0. The third-order valence-corrected chi connectivity index (χ3v) is 6.79. The molecule has 0 bridgehead atoms. The first-order valence-electron chi connectivity index (χ1n) is 10.6. The van der Waals surface area contributed by atoms with Crippen molar-refractivity contribution < 1.29 is 26.3 Å². The van der Waals surface area contributed by atoms with Crippen molar-refractivity contribution in [3.05, 3.63) is 69.8 Å². The molecule has 0 N–H and O–H groups in total. The second-order valence-electron chi connectivity index (χ2n) is 8.69. The van der Waals surface area contributed by atoms with Crippen LogP contribution in [0, 0.1) is 29.2 Å². The summed E-state index contributed by atoms with van der Waals surface area (Å²) in [5.74, 6) is -9.22. The van der Waals surface area contributed by atoms with Gasteiger partial charge in [-0.25, -0.2) is 26.3 Å².